The molecule has 142 valence electrons. The lowest BCUT2D eigenvalue weighted by Gasteiger charge is -2.01. The fourth-order valence-corrected chi connectivity index (χ4v) is 2.17. The smallest absolute Gasteiger partial charge is 0.319 e. The molecule has 0 heterocycles. The predicted octanol–water partition coefficient (Wildman–Crippen LogP) is 5.63. The van der Waals surface area contributed by atoms with E-state index < -0.39 is 0 Å². The summed E-state index contributed by atoms with van der Waals surface area (Å²) in [6, 6.07) is 0. The van der Waals surface area contributed by atoms with Gasteiger partial charge in [0.05, 0.1) is 13.2 Å². The van der Waals surface area contributed by atoms with Crippen molar-refractivity contribution in [1.82, 2.24) is 0 Å². The molecule has 0 fully saturated rings. The average molecular weight is 348 g/mol. The van der Waals surface area contributed by atoms with Crippen LogP contribution in [0.5, 0.6) is 0 Å². The Morgan fingerprint density at radius 3 is 1.72 bits per heavy atom. The van der Waals surface area contributed by atoms with Crippen molar-refractivity contribution in [3.05, 3.63) is 48.6 Å². The third-order valence-electron chi connectivity index (χ3n) is 3.65. The molecule has 0 atom stereocenters. The Balaban J connectivity index is 3.39. The Bertz CT molecular complexity index is 408. The normalized spacial score (nSPS) is 12.2. The molecule has 0 aromatic carbocycles. The van der Waals surface area contributed by atoms with Gasteiger partial charge in [0.25, 0.3) is 0 Å². The molecule has 0 aliphatic heterocycles. The number of esters is 1. The topological polar surface area (TPSA) is 52.3 Å². The van der Waals surface area contributed by atoms with Crippen LogP contribution in [0.4, 0.5) is 0 Å². The molecular formula is C22H37NO2. The average Bonchev–Trinajstić information content (AvgIpc) is 2.63. The van der Waals surface area contributed by atoms with Gasteiger partial charge in [-0.1, -0.05) is 68.4 Å². The summed E-state index contributed by atoms with van der Waals surface area (Å²) in [6.07, 6.45) is 28.9. The van der Waals surface area contributed by atoms with Gasteiger partial charge in [0.1, 0.15) is 0 Å². The van der Waals surface area contributed by atoms with Crippen LogP contribution in [0.25, 0.3) is 0 Å². The molecule has 0 aromatic heterocycles. The van der Waals surface area contributed by atoms with E-state index in [0.29, 0.717) is 6.61 Å². The van der Waals surface area contributed by atoms with Crippen LogP contribution in [0.15, 0.2) is 48.6 Å². The molecule has 3 heteroatoms. The first-order valence-electron chi connectivity index (χ1n) is 9.77. The van der Waals surface area contributed by atoms with Gasteiger partial charge in [-0.25, -0.2) is 0 Å². The molecule has 25 heavy (non-hydrogen) atoms. The molecule has 0 spiro atoms. The highest BCUT2D eigenvalue weighted by Gasteiger charge is 1.96. The van der Waals surface area contributed by atoms with Crippen LogP contribution in [-0.4, -0.2) is 19.1 Å². The summed E-state index contributed by atoms with van der Waals surface area (Å²) in [4.78, 5) is 10.8. The lowest BCUT2D eigenvalue weighted by atomic mass is 10.2. The number of rotatable bonds is 16. The number of hydrogen-bond donors (Lipinski definition) is 1. The highest BCUT2D eigenvalue weighted by Crippen LogP contribution is 2.01. The molecule has 0 aliphatic carbocycles. The second-order valence-electron chi connectivity index (χ2n) is 6.01. The van der Waals surface area contributed by atoms with E-state index in [9.17, 15) is 4.79 Å². The van der Waals surface area contributed by atoms with E-state index in [1.54, 1.807) is 0 Å². The zero-order valence-corrected chi connectivity index (χ0v) is 16.0. The first-order valence-corrected chi connectivity index (χ1v) is 9.77. The van der Waals surface area contributed by atoms with Gasteiger partial charge in [0.15, 0.2) is 0 Å². The number of ether oxygens (including phenoxy) is 1. The number of carbonyl (C=O) groups excluding carboxylic acids is 1. The van der Waals surface area contributed by atoms with Crippen molar-refractivity contribution in [2.75, 3.05) is 13.2 Å². The van der Waals surface area contributed by atoms with Crippen molar-refractivity contribution < 1.29 is 9.53 Å². The summed E-state index contributed by atoms with van der Waals surface area (Å²) in [5.41, 5.74) is 5.15. The van der Waals surface area contributed by atoms with Gasteiger partial charge in [-0.05, 0) is 51.4 Å². The van der Waals surface area contributed by atoms with Crippen LogP contribution in [-0.2, 0) is 9.53 Å². The third-order valence-corrected chi connectivity index (χ3v) is 3.65. The molecule has 0 radical (unpaired) electrons. The van der Waals surface area contributed by atoms with E-state index in [2.05, 4.69) is 55.5 Å². The maximum Gasteiger partial charge on any atom is 0.319 e. The first kappa shape index (κ1) is 23.4. The molecule has 3 nitrogen and oxygen atoms in total. The standard InChI is InChI=1S/C22H37NO2/c1-2-3-4-5-6-7-8-9-10-11-12-13-14-15-16-17-18-19-20-25-22(24)21-23/h6-7,9-10,12-13,15-16H,2-5,8,11,14,17-21,23H2,1H3. The second kappa shape index (κ2) is 20.4. The SMILES string of the molecule is CCCCCC=CCC=CCC=CCC=CCCCCOC(=O)CN. The Morgan fingerprint density at radius 2 is 1.24 bits per heavy atom. The van der Waals surface area contributed by atoms with Crippen LogP contribution in [0, 0.1) is 0 Å². The summed E-state index contributed by atoms with van der Waals surface area (Å²) < 4.78 is 4.91. The highest BCUT2D eigenvalue weighted by molar-refractivity contribution is 5.71. The number of hydrogen-bond acceptors (Lipinski definition) is 3. The molecule has 0 unspecified atom stereocenters. The number of unbranched alkanes of at least 4 members (excludes halogenated alkanes) is 5. The predicted molar refractivity (Wildman–Crippen MR) is 108 cm³/mol. The van der Waals surface area contributed by atoms with Crippen molar-refractivity contribution >= 4 is 5.97 Å². The molecule has 0 aliphatic rings. The monoisotopic (exact) mass is 347 g/mol. The fourth-order valence-electron chi connectivity index (χ4n) is 2.17. The summed E-state index contributed by atoms with van der Waals surface area (Å²) in [7, 11) is 0. The first-order chi connectivity index (χ1) is 12.3. The van der Waals surface area contributed by atoms with Crippen molar-refractivity contribution in [3.8, 4) is 0 Å². The van der Waals surface area contributed by atoms with E-state index in [1.807, 2.05) is 0 Å². The number of nitrogens with two attached hydrogens (primary N) is 1. The summed E-state index contributed by atoms with van der Waals surface area (Å²) in [6.45, 7) is 2.68. The Kier molecular flexibility index (Phi) is 19.1. The van der Waals surface area contributed by atoms with Crippen molar-refractivity contribution in [3.63, 3.8) is 0 Å². The molecule has 0 amide bonds. The lowest BCUT2D eigenvalue weighted by molar-refractivity contribution is -0.142. The van der Waals surface area contributed by atoms with Crippen molar-refractivity contribution in [2.24, 2.45) is 5.73 Å². The number of allylic oxidation sites excluding steroid dienone is 8. The van der Waals surface area contributed by atoms with E-state index in [1.165, 1.54) is 25.7 Å². The number of carbonyl (C=O) groups is 1. The Morgan fingerprint density at radius 1 is 0.760 bits per heavy atom. The maximum atomic E-state index is 10.8. The van der Waals surface area contributed by atoms with E-state index in [-0.39, 0.29) is 12.5 Å². The molecular weight excluding hydrogens is 310 g/mol. The third kappa shape index (κ3) is 20.3. The van der Waals surface area contributed by atoms with Crippen LogP contribution < -0.4 is 5.73 Å². The Hall–Kier alpha value is -1.61. The van der Waals surface area contributed by atoms with Gasteiger partial charge < -0.3 is 10.5 Å². The maximum absolute atomic E-state index is 10.8. The summed E-state index contributed by atoms with van der Waals surface area (Å²) in [5.74, 6) is -0.322. The molecule has 0 aromatic rings. The van der Waals surface area contributed by atoms with Crippen LogP contribution in [0.2, 0.25) is 0 Å². The summed E-state index contributed by atoms with van der Waals surface area (Å²) in [5, 5.41) is 0. The van der Waals surface area contributed by atoms with Gasteiger partial charge in [-0.2, -0.15) is 0 Å². The highest BCUT2D eigenvalue weighted by atomic mass is 16.5. The molecule has 0 rings (SSSR count). The minimum Gasteiger partial charge on any atom is -0.465 e. The lowest BCUT2D eigenvalue weighted by Crippen LogP contribution is -2.17. The fraction of sp³-hybridized carbons (Fsp3) is 0.591. The molecule has 0 saturated carbocycles. The largest absolute Gasteiger partial charge is 0.465 e. The molecule has 2 N–H and O–H groups in total. The molecule has 0 saturated heterocycles. The molecule has 0 bridgehead atoms. The zero-order chi connectivity index (χ0) is 18.4. The van der Waals surface area contributed by atoms with E-state index in [0.717, 1.165) is 38.5 Å². The van der Waals surface area contributed by atoms with Crippen molar-refractivity contribution in [2.45, 2.75) is 71.1 Å². The summed E-state index contributed by atoms with van der Waals surface area (Å²) >= 11 is 0. The van der Waals surface area contributed by atoms with Gasteiger partial charge in [0, 0.05) is 0 Å². The minimum absolute atomic E-state index is 0.0306. The quantitative estimate of drug-likeness (QED) is 0.223. The minimum atomic E-state index is -0.322. The van der Waals surface area contributed by atoms with Crippen LogP contribution in [0.3, 0.4) is 0 Å². The van der Waals surface area contributed by atoms with Gasteiger partial charge in [-0.15, -0.1) is 0 Å². The Labute approximate surface area is 154 Å². The van der Waals surface area contributed by atoms with E-state index in [4.69, 9.17) is 10.5 Å². The van der Waals surface area contributed by atoms with Gasteiger partial charge in [-0.3, -0.25) is 4.79 Å². The van der Waals surface area contributed by atoms with Crippen LogP contribution in [0.1, 0.15) is 71.1 Å². The van der Waals surface area contributed by atoms with Gasteiger partial charge in [0.2, 0.25) is 0 Å². The van der Waals surface area contributed by atoms with Crippen LogP contribution >= 0.6 is 0 Å². The zero-order valence-electron chi connectivity index (χ0n) is 16.0. The van der Waals surface area contributed by atoms with E-state index >= 15 is 0 Å². The van der Waals surface area contributed by atoms with Crippen molar-refractivity contribution in [1.29, 1.82) is 0 Å². The van der Waals surface area contributed by atoms with Gasteiger partial charge >= 0.3 is 5.97 Å². The second-order valence-corrected chi connectivity index (χ2v) is 6.01.